The molecule has 0 spiro atoms. The minimum atomic E-state index is -1.23. The standard InChI is InChI=1S/C19H26FNO5/c1-18(2,3)26-17(22)21-13-8-19(23,9-14(21)11-25-10-13)15-6-5-12(20)7-16(15)24-4/h5-7,13-14,23H,8-11H2,1-4H3. The van der Waals surface area contributed by atoms with Gasteiger partial charge in [0.15, 0.2) is 0 Å². The second kappa shape index (κ2) is 6.70. The smallest absolute Gasteiger partial charge is 0.410 e. The Morgan fingerprint density at radius 1 is 1.31 bits per heavy atom. The Kier molecular flexibility index (Phi) is 4.88. The van der Waals surface area contributed by atoms with Gasteiger partial charge in [-0.2, -0.15) is 0 Å². The Bertz CT molecular complexity index is 673. The molecule has 26 heavy (non-hydrogen) atoms. The molecule has 6 nitrogen and oxygen atoms in total. The van der Waals surface area contributed by atoms with E-state index in [1.165, 1.54) is 19.2 Å². The Morgan fingerprint density at radius 3 is 2.46 bits per heavy atom. The first kappa shape index (κ1) is 18.9. The Balaban J connectivity index is 1.89. The van der Waals surface area contributed by atoms with Crippen LogP contribution in [0.2, 0.25) is 0 Å². The molecule has 2 saturated heterocycles. The van der Waals surface area contributed by atoms with Crippen molar-refractivity contribution >= 4 is 6.09 Å². The summed E-state index contributed by atoms with van der Waals surface area (Å²) in [5, 5.41) is 11.3. The van der Waals surface area contributed by atoms with E-state index in [1.807, 2.05) is 20.8 Å². The summed E-state index contributed by atoms with van der Waals surface area (Å²) in [5.74, 6) is -0.124. The number of fused-ring (bicyclic) bond motifs is 2. The van der Waals surface area contributed by atoms with E-state index in [0.717, 1.165) is 0 Å². The summed E-state index contributed by atoms with van der Waals surface area (Å²) in [4.78, 5) is 14.3. The van der Waals surface area contributed by atoms with Crippen LogP contribution in [0, 0.1) is 5.82 Å². The van der Waals surface area contributed by atoms with Gasteiger partial charge in [-0.05, 0) is 32.9 Å². The van der Waals surface area contributed by atoms with Crippen LogP contribution in [0.4, 0.5) is 9.18 Å². The molecule has 1 amide bonds. The van der Waals surface area contributed by atoms with E-state index in [4.69, 9.17) is 14.2 Å². The van der Waals surface area contributed by atoms with E-state index in [-0.39, 0.29) is 24.9 Å². The number of methoxy groups -OCH3 is 1. The van der Waals surface area contributed by atoms with Crippen LogP contribution in [0.1, 0.15) is 39.2 Å². The van der Waals surface area contributed by atoms with Crippen LogP contribution in [0.25, 0.3) is 0 Å². The maximum atomic E-state index is 13.5. The third-order valence-corrected chi connectivity index (χ3v) is 4.82. The topological polar surface area (TPSA) is 68.2 Å². The first-order valence-corrected chi connectivity index (χ1v) is 8.78. The number of aliphatic hydroxyl groups is 1. The molecule has 2 heterocycles. The number of hydrogen-bond donors (Lipinski definition) is 1. The molecule has 2 aliphatic heterocycles. The highest BCUT2D eigenvalue weighted by Crippen LogP contribution is 2.44. The van der Waals surface area contributed by atoms with E-state index in [0.29, 0.717) is 24.5 Å². The van der Waals surface area contributed by atoms with E-state index < -0.39 is 23.1 Å². The molecule has 2 aliphatic rings. The van der Waals surface area contributed by atoms with Crippen molar-refractivity contribution in [2.75, 3.05) is 20.3 Å². The summed E-state index contributed by atoms with van der Waals surface area (Å²) in [7, 11) is 1.45. The number of hydrogen-bond acceptors (Lipinski definition) is 5. The first-order chi connectivity index (χ1) is 12.1. The third-order valence-electron chi connectivity index (χ3n) is 4.82. The van der Waals surface area contributed by atoms with Crippen molar-refractivity contribution in [1.29, 1.82) is 0 Å². The normalized spacial score (nSPS) is 28.6. The number of rotatable bonds is 2. The lowest BCUT2D eigenvalue weighted by Crippen LogP contribution is -2.63. The second-order valence-electron chi connectivity index (χ2n) is 8.02. The van der Waals surface area contributed by atoms with Crippen LogP contribution in [-0.4, -0.2) is 54.1 Å². The lowest BCUT2D eigenvalue weighted by atomic mass is 9.76. The molecule has 2 bridgehead atoms. The predicted octanol–water partition coefficient (Wildman–Crippen LogP) is 2.82. The fourth-order valence-electron chi connectivity index (χ4n) is 3.86. The lowest BCUT2D eigenvalue weighted by Gasteiger charge is -2.51. The quantitative estimate of drug-likeness (QED) is 0.871. The van der Waals surface area contributed by atoms with E-state index in [9.17, 15) is 14.3 Å². The van der Waals surface area contributed by atoms with Gasteiger partial charge in [0.05, 0.1) is 38.0 Å². The molecular weight excluding hydrogens is 341 g/mol. The highest BCUT2D eigenvalue weighted by atomic mass is 19.1. The average molecular weight is 367 g/mol. The fourth-order valence-corrected chi connectivity index (χ4v) is 3.86. The SMILES string of the molecule is COc1cc(F)ccc1C1(O)CC2COCC(C1)N2C(=O)OC(C)(C)C. The number of piperidine rings is 1. The maximum absolute atomic E-state index is 13.5. The van der Waals surface area contributed by atoms with Crippen LogP contribution in [0.5, 0.6) is 5.75 Å². The van der Waals surface area contributed by atoms with Gasteiger partial charge in [-0.25, -0.2) is 9.18 Å². The Labute approximate surface area is 152 Å². The number of ether oxygens (including phenoxy) is 3. The number of amides is 1. The molecular formula is C19H26FNO5. The van der Waals surface area contributed by atoms with Crippen molar-refractivity contribution < 1.29 is 28.5 Å². The number of nitrogens with zero attached hydrogens (tertiary/aromatic N) is 1. The molecule has 2 unspecified atom stereocenters. The van der Waals surface area contributed by atoms with Crippen molar-refractivity contribution in [3.05, 3.63) is 29.6 Å². The van der Waals surface area contributed by atoms with Gasteiger partial charge in [-0.1, -0.05) is 0 Å². The fraction of sp³-hybridized carbons (Fsp3) is 0.632. The zero-order chi connectivity index (χ0) is 19.1. The van der Waals surface area contributed by atoms with Gasteiger partial charge >= 0.3 is 6.09 Å². The van der Waals surface area contributed by atoms with Crippen LogP contribution in [-0.2, 0) is 15.1 Å². The summed E-state index contributed by atoms with van der Waals surface area (Å²) in [5.41, 5.74) is -1.29. The molecule has 1 aromatic rings. The molecule has 2 fully saturated rings. The number of benzene rings is 1. The monoisotopic (exact) mass is 367 g/mol. The minimum absolute atomic E-state index is 0.269. The van der Waals surface area contributed by atoms with Gasteiger partial charge in [-0.3, -0.25) is 4.90 Å². The number of carbonyl (C=O) groups is 1. The number of carbonyl (C=O) groups excluding carboxylic acids is 1. The van der Waals surface area contributed by atoms with Gasteiger partial charge in [-0.15, -0.1) is 0 Å². The summed E-state index contributed by atoms with van der Waals surface area (Å²) in [6, 6.07) is 3.48. The summed E-state index contributed by atoms with van der Waals surface area (Å²) in [6.07, 6.45) is 0.138. The molecule has 1 aromatic carbocycles. The van der Waals surface area contributed by atoms with Crippen molar-refractivity contribution in [1.82, 2.24) is 4.90 Å². The summed E-state index contributed by atoms with van der Waals surface area (Å²) in [6.45, 7) is 6.10. The number of morpholine rings is 1. The van der Waals surface area contributed by atoms with Gasteiger partial charge in [0.25, 0.3) is 0 Å². The van der Waals surface area contributed by atoms with Gasteiger partial charge in [0.1, 0.15) is 17.2 Å². The van der Waals surface area contributed by atoms with Crippen LogP contribution in [0.15, 0.2) is 18.2 Å². The van der Waals surface area contributed by atoms with E-state index in [2.05, 4.69) is 0 Å². The molecule has 0 aliphatic carbocycles. The average Bonchev–Trinajstić information content (AvgIpc) is 2.51. The van der Waals surface area contributed by atoms with Crippen LogP contribution in [0.3, 0.4) is 0 Å². The van der Waals surface area contributed by atoms with E-state index in [1.54, 1.807) is 11.0 Å². The molecule has 0 saturated carbocycles. The third kappa shape index (κ3) is 3.64. The second-order valence-corrected chi connectivity index (χ2v) is 8.02. The molecule has 1 N–H and O–H groups in total. The lowest BCUT2D eigenvalue weighted by molar-refractivity contribution is -0.141. The maximum Gasteiger partial charge on any atom is 0.410 e. The van der Waals surface area contributed by atoms with Crippen molar-refractivity contribution in [2.24, 2.45) is 0 Å². The van der Waals surface area contributed by atoms with Crippen LogP contribution < -0.4 is 4.74 Å². The first-order valence-electron chi connectivity index (χ1n) is 8.78. The Morgan fingerprint density at radius 2 is 1.92 bits per heavy atom. The minimum Gasteiger partial charge on any atom is -0.496 e. The highest BCUT2D eigenvalue weighted by Gasteiger charge is 2.50. The zero-order valence-corrected chi connectivity index (χ0v) is 15.6. The molecule has 0 radical (unpaired) electrons. The molecule has 7 heteroatoms. The van der Waals surface area contributed by atoms with Gasteiger partial charge in [0.2, 0.25) is 0 Å². The summed E-state index contributed by atoms with van der Waals surface area (Å²) >= 11 is 0. The summed E-state index contributed by atoms with van der Waals surface area (Å²) < 4.78 is 29.9. The van der Waals surface area contributed by atoms with Crippen molar-refractivity contribution in [3.63, 3.8) is 0 Å². The molecule has 2 atom stereocenters. The van der Waals surface area contributed by atoms with Crippen LogP contribution >= 0.6 is 0 Å². The largest absolute Gasteiger partial charge is 0.496 e. The van der Waals surface area contributed by atoms with Crippen molar-refractivity contribution in [3.8, 4) is 5.75 Å². The van der Waals surface area contributed by atoms with Gasteiger partial charge in [0, 0.05) is 24.5 Å². The number of halogens is 1. The van der Waals surface area contributed by atoms with Gasteiger partial charge < -0.3 is 19.3 Å². The van der Waals surface area contributed by atoms with E-state index >= 15 is 0 Å². The molecule has 144 valence electrons. The molecule has 0 aromatic heterocycles. The predicted molar refractivity (Wildman–Crippen MR) is 92.6 cm³/mol. The zero-order valence-electron chi connectivity index (χ0n) is 15.6. The molecule has 3 rings (SSSR count). The highest BCUT2D eigenvalue weighted by molar-refractivity contribution is 5.69. The van der Waals surface area contributed by atoms with Crippen molar-refractivity contribution in [2.45, 2.75) is 56.9 Å². The Hall–Kier alpha value is -1.86.